The van der Waals surface area contributed by atoms with Crippen LogP contribution in [0, 0.1) is 6.92 Å². The van der Waals surface area contributed by atoms with Gasteiger partial charge in [-0.15, -0.1) is 0 Å². The molecule has 4 nitrogen and oxygen atoms in total. The summed E-state index contributed by atoms with van der Waals surface area (Å²) < 4.78 is 4.97. The lowest BCUT2D eigenvalue weighted by molar-refractivity contribution is 0.0950. The van der Waals surface area contributed by atoms with Crippen molar-refractivity contribution in [1.82, 2.24) is 5.32 Å². The maximum atomic E-state index is 11.7. The molecule has 0 aliphatic carbocycles. The lowest BCUT2D eigenvalue weighted by Crippen LogP contribution is -2.34. The molecular weight excluding hydrogens is 284 g/mol. The Bertz CT molecular complexity index is 611. The summed E-state index contributed by atoms with van der Waals surface area (Å²) in [6, 6.07) is 8.57. The molecule has 1 heterocycles. The van der Waals surface area contributed by atoms with Gasteiger partial charge in [0, 0.05) is 10.7 Å². The smallest absolute Gasteiger partial charge is 0.293 e. The Kier molecular flexibility index (Phi) is 4.19. The number of thiocarbonyl (C=S) groups is 1. The van der Waals surface area contributed by atoms with Crippen LogP contribution in [-0.2, 0) is 0 Å². The van der Waals surface area contributed by atoms with E-state index in [4.69, 9.17) is 28.2 Å². The number of nitrogens with one attached hydrogen (secondary N) is 2. The van der Waals surface area contributed by atoms with Crippen LogP contribution in [-0.4, -0.2) is 11.0 Å². The molecule has 98 valence electrons. The van der Waals surface area contributed by atoms with Gasteiger partial charge in [0.15, 0.2) is 10.9 Å². The van der Waals surface area contributed by atoms with E-state index in [1.807, 2.05) is 13.0 Å². The SMILES string of the molecule is Cc1ccc(Cl)cc1NC(=S)NC(=O)c1ccco1. The van der Waals surface area contributed by atoms with Gasteiger partial charge in [0.2, 0.25) is 0 Å². The van der Waals surface area contributed by atoms with Gasteiger partial charge in [-0.2, -0.15) is 0 Å². The lowest BCUT2D eigenvalue weighted by atomic mass is 10.2. The first-order chi connectivity index (χ1) is 9.06. The largest absolute Gasteiger partial charge is 0.459 e. The molecule has 2 aromatic rings. The Morgan fingerprint density at radius 3 is 2.84 bits per heavy atom. The summed E-state index contributed by atoms with van der Waals surface area (Å²) >= 11 is 11.0. The average molecular weight is 295 g/mol. The quantitative estimate of drug-likeness (QED) is 0.834. The number of anilines is 1. The second kappa shape index (κ2) is 5.86. The van der Waals surface area contributed by atoms with Gasteiger partial charge in [0.05, 0.1) is 6.26 Å². The van der Waals surface area contributed by atoms with Crippen LogP contribution in [0.2, 0.25) is 5.02 Å². The molecule has 2 rings (SSSR count). The van der Waals surface area contributed by atoms with Gasteiger partial charge in [-0.3, -0.25) is 10.1 Å². The number of carbonyl (C=O) groups is 1. The average Bonchev–Trinajstić information content (AvgIpc) is 2.87. The van der Waals surface area contributed by atoms with Crippen LogP contribution in [0.3, 0.4) is 0 Å². The predicted octanol–water partition coefficient (Wildman–Crippen LogP) is 3.37. The van der Waals surface area contributed by atoms with Crippen LogP contribution in [0.25, 0.3) is 0 Å². The van der Waals surface area contributed by atoms with Gasteiger partial charge < -0.3 is 9.73 Å². The van der Waals surface area contributed by atoms with Crippen molar-refractivity contribution >= 4 is 40.5 Å². The molecular formula is C13H11ClN2O2S. The summed E-state index contributed by atoms with van der Waals surface area (Å²) in [7, 11) is 0. The highest BCUT2D eigenvalue weighted by atomic mass is 35.5. The van der Waals surface area contributed by atoms with Crippen LogP contribution < -0.4 is 10.6 Å². The molecule has 0 unspecified atom stereocenters. The van der Waals surface area contributed by atoms with E-state index >= 15 is 0 Å². The van der Waals surface area contributed by atoms with Gasteiger partial charge in [-0.25, -0.2) is 0 Å². The third-order valence-corrected chi connectivity index (χ3v) is 2.86. The van der Waals surface area contributed by atoms with Crippen molar-refractivity contribution in [2.45, 2.75) is 6.92 Å². The third-order valence-electron chi connectivity index (χ3n) is 2.42. The molecule has 19 heavy (non-hydrogen) atoms. The molecule has 0 aliphatic rings. The minimum Gasteiger partial charge on any atom is -0.459 e. The number of benzene rings is 1. The van der Waals surface area contributed by atoms with Crippen LogP contribution in [0.5, 0.6) is 0 Å². The van der Waals surface area contributed by atoms with Crippen molar-refractivity contribution in [2.24, 2.45) is 0 Å². The van der Waals surface area contributed by atoms with Gasteiger partial charge in [0.25, 0.3) is 5.91 Å². The summed E-state index contributed by atoms with van der Waals surface area (Å²) in [5, 5.41) is 6.22. The van der Waals surface area contributed by atoms with Crippen molar-refractivity contribution < 1.29 is 9.21 Å². The fourth-order valence-electron chi connectivity index (χ4n) is 1.45. The minimum atomic E-state index is -0.401. The Labute approximate surface area is 120 Å². The molecule has 0 fully saturated rings. The molecule has 0 radical (unpaired) electrons. The van der Waals surface area contributed by atoms with E-state index in [0.717, 1.165) is 11.3 Å². The molecule has 0 saturated carbocycles. The van der Waals surface area contributed by atoms with E-state index in [1.165, 1.54) is 6.26 Å². The zero-order chi connectivity index (χ0) is 13.8. The summed E-state index contributed by atoms with van der Waals surface area (Å²) in [6.07, 6.45) is 1.42. The first kappa shape index (κ1) is 13.6. The number of furan rings is 1. The number of hydrogen-bond donors (Lipinski definition) is 2. The predicted molar refractivity (Wildman–Crippen MR) is 78.6 cm³/mol. The summed E-state index contributed by atoms with van der Waals surface area (Å²) in [4.78, 5) is 11.7. The van der Waals surface area contributed by atoms with Crippen molar-refractivity contribution in [3.63, 3.8) is 0 Å². The topological polar surface area (TPSA) is 54.3 Å². The number of amides is 1. The molecule has 1 amide bonds. The van der Waals surface area contributed by atoms with Gasteiger partial charge >= 0.3 is 0 Å². The molecule has 0 spiro atoms. The van der Waals surface area contributed by atoms with Crippen LogP contribution in [0.4, 0.5) is 5.69 Å². The van der Waals surface area contributed by atoms with Crippen molar-refractivity contribution in [1.29, 1.82) is 0 Å². The lowest BCUT2D eigenvalue weighted by Gasteiger charge is -2.11. The Morgan fingerprint density at radius 2 is 2.16 bits per heavy atom. The zero-order valence-electron chi connectivity index (χ0n) is 10.1. The highest BCUT2D eigenvalue weighted by Gasteiger charge is 2.10. The van der Waals surface area contributed by atoms with E-state index in [2.05, 4.69) is 10.6 Å². The molecule has 2 N–H and O–H groups in total. The standard InChI is InChI=1S/C13H11ClN2O2S/c1-8-4-5-9(14)7-10(8)15-13(19)16-12(17)11-3-2-6-18-11/h2-7H,1H3,(H2,15,16,17,19). The third kappa shape index (κ3) is 3.56. The Morgan fingerprint density at radius 1 is 1.37 bits per heavy atom. The second-order valence-corrected chi connectivity index (χ2v) is 4.69. The highest BCUT2D eigenvalue weighted by molar-refractivity contribution is 7.80. The number of carbonyl (C=O) groups excluding carboxylic acids is 1. The number of hydrogen-bond acceptors (Lipinski definition) is 3. The van der Waals surface area contributed by atoms with Gasteiger partial charge in [-0.05, 0) is 49.0 Å². The van der Waals surface area contributed by atoms with E-state index in [9.17, 15) is 4.79 Å². The number of aryl methyl sites for hydroxylation is 1. The van der Waals surface area contributed by atoms with Crippen LogP contribution in [0.15, 0.2) is 41.0 Å². The molecule has 6 heteroatoms. The molecule has 0 saturated heterocycles. The normalized spacial score (nSPS) is 10.0. The molecule has 0 aliphatic heterocycles. The first-order valence-corrected chi connectivity index (χ1v) is 6.27. The number of rotatable bonds is 2. The summed E-state index contributed by atoms with van der Waals surface area (Å²) in [5.74, 6) is -0.200. The van der Waals surface area contributed by atoms with Crippen LogP contribution >= 0.6 is 23.8 Å². The minimum absolute atomic E-state index is 0.187. The molecule has 1 aromatic heterocycles. The fraction of sp³-hybridized carbons (Fsp3) is 0.0769. The summed E-state index contributed by atoms with van der Waals surface area (Å²) in [6.45, 7) is 1.91. The monoisotopic (exact) mass is 294 g/mol. The first-order valence-electron chi connectivity index (χ1n) is 5.48. The molecule has 0 atom stereocenters. The Balaban J connectivity index is 2.02. The highest BCUT2D eigenvalue weighted by Crippen LogP contribution is 2.19. The van der Waals surface area contributed by atoms with Crippen LogP contribution in [0.1, 0.15) is 16.1 Å². The summed E-state index contributed by atoms with van der Waals surface area (Å²) in [5.41, 5.74) is 1.72. The number of halogens is 1. The van der Waals surface area contributed by atoms with Gasteiger partial charge in [0.1, 0.15) is 0 Å². The maximum Gasteiger partial charge on any atom is 0.293 e. The maximum absolute atomic E-state index is 11.7. The van der Waals surface area contributed by atoms with E-state index in [1.54, 1.807) is 24.3 Å². The van der Waals surface area contributed by atoms with E-state index in [0.29, 0.717) is 5.02 Å². The zero-order valence-corrected chi connectivity index (χ0v) is 11.6. The van der Waals surface area contributed by atoms with Crippen molar-refractivity contribution in [2.75, 3.05) is 5.32 Å². The van der Waals surface area contributed by atoms with Crippen molar-refractivity contribution in [3.8, 4) is 0 Å². The van der Waals surface area contributed by atoms with E-state index in [-0.39, 0.29) is 10.9 Å². The van der Waals surface area contributed by atoms with E-state index < -0.39 is 5.91 Å². The second-order valence-electron chi connectivity index (χ2n) is 3.84. The molecule has 0 bridgehead atoms. The molecule has 1 aromatic carbocycles. The van der Waals surface area contributed by atoms with Gasteiger partial charge in [-0.1, -0.05) is 17.7 Å². The fourth-order valence-corrected chi connectivity index (χ4v) is 1.83. The Hall–Kier alpha value is -1.85. The van der Waals surface area contributed by atoms with Crippen molar-refractivity contribution in [3.05, 3.63) is 52.9 Å².